The predicted molar refractivity (Wildman–Crippen MR) is 41.7 cm³/mol. The second-order valence-corrected chi connectivity index (χ2v) is 4.58. The molecule has 0 spiro atoms. The Morgan fingerprint density at radius 2 is 2.22 bits per heavy atom. The van der Waals surface area contributed by atoms with Gasteiger partial charge in [-0.1, -0.05) is 6.92 Å². The lowest BCUT2D eigenvalue weighted by Crippen LogP contribution is -2.32. The maximum atomic E-state index is 5.50. The second-order valence-electron chi connectivity index (χ2n) is 3.20. The summed E-state index contributed by atoms with van der Waals surface area (Å²) in [6, 6.07) is 0. The van der Waals surface area contributed by atoms with Crippen LogP contribution in [0.3, 0.4) is 0 Å². The van der Waals surface area contributed by atoms with E-state index >= 15 is 0 Å². The molecule has 1 aliphatic heterocycles. The molecule has 9 heavy (non-hydrogen) atoms. The summed E-state index contributed by atoms with van der Waals surface area (Å²) < 4.78 is 5.50. The normalized spacial score (nSPS) is 34.3. The fourth-order valence-corrected chi connectivity index (χ4v) is 2.26. The highest BCUT2D eigenvalue weighted by Gasteiger charge is 2.26. The van der Waals surface area contributed by atoms with Crippen molar-refractivity contribution in [2.24, 2.45) is 0 Å². The van der Waals surface area contributed by atoms with Crippen molar-refractivity contribution in [1.29, 1.82) is 0 Å². The van der Waals surface area contributed by atoms with Gasteiger partial charge in [-0.05, 0) is 20.3 Å². The van der Waals surface area contributed by atoms with Crippen LogP contribution in [-0.4, -0.2) is 16.8 Å². The van der Waals surface area contributed by atoms with Crippen LogP contribution in [0.25, 0.3) is 0 Å². The first-order valence-electron chi connectivity index (χ1n) is 3.36. The zero-order chi connectivity index (χ0) is 6.91. The van der Waals surface area contributed by atoms with E-state index in [1.165, 1.54) is 6.42 Å². The lowest BCUT2D eigenvalue weighted by atomic mass is 10.0. The van der Waals surface area contributed by atoms with Gasteiger partial charge in [0.05, 0.1) is 11.5 Å². The molecule has 0 amide bonds. The summed E-state index contributed by atoms with van der Waals surface area (Å²) in [5, 5.41) is 0.772. The third kappa shape index (κ3) is 2.18. The van der Waals surface area contributed by atoms with Crippen LogP contribution < -0.4 is 0 Å². The van der Waals surface area contributed by atoms with Gasteiger partial charge in [0.1, 0.15) is 0 Å². The Bertz CT molecular complexity index is 101. The molecule has 0 aromatic rings. The average molecular weight is 146 g/mol. The van der Waals surface area contributed by atoms with Crippen molar-refractivity contribution in [3.63, 3.8) is 0 Å². The Morgan fingerprint density at radius 3 is 2.56 bits per heavy atom. The molecule has 1 unspecified atom stereocenters. The predicted octanol–water partition coefficient (Wildman–Crippen LogP) is 2.26. The molecule has 0 radical (unpaired) electrons. The van der Waals surface area contributed by atoms with Crippen LogP contribution in [0.15, 0.2) is 0 Å². The maximum absolute atomic E-state index is 5.50. The lowest BCUT2D eigenvalue weighted by Gasteiger charge is -2.33. The van der Waals surface area contributed by atoms with Crippen molar-refractivity contribution in [3.05, 3.63) is 0 Å². The minimum absolute atomic E-state index is 0.130. The van der Waals surface area contributed by atoms with Crippen molar-refractivity contribution in [3.8, 4) is 0 Å². The first kappa shape index (κ1) is 7.42. The molecule has 1 saturated heterocycles. The number of thioether (sulfide) groups is 1. The Kier molecular flexibility index (Phi) is 2.07. The number of hydrogen-bond donors (Lipinski definition) is 0. The van der Waals surface area contributed by atoms with Crippen molar-refractivity contribution in [2.45, 2.75) is 38.0 Å². The van der Waals surface area contributed by atoms with E-state index in [4.69, 9.17) is 4.74 Å². The van der Waals surface area contributed by atoms with E-state index in [9.17, 15) is 0 Å². The molecule has 0 N–H and O–H groups in total. The fraction of sp³-hybridized carbons (Fsp3) is 1.00. The molecule has 1 nitrogen and oxygen atoms in total. The molecule has 0 saturated carbocycles. The summed E-state index contributed by atoms with van der Waals surface area (Å²) in [6.45, 7) is 6.57. The molecular weight excluding hydrogens is 132 g/mol. The topological polar surface area (TPSA) is 9.23 Å². The van der Waals surface area contributed by atoms with E-state index < -0.39 is 0 Å². The Balaban J connectivity index is 2.41. The monoisotopic (exact) mass is 146 g/mol. The van der Waals surface area contributed by atoms with Gasteiger partial charge < -0.3 is 4.74 Å². The van der Waals surface area contributed by atoms with Crippen molar-refractivity contribution in [2.75, 3.05) is 5.94 Å². The van der Waals surface area contributed by atoms with Crippen molar-refractivity contribution >= 4 is 11.8 Å². The first-order valence-corrected chi connectivity index (χ1v) is 4.41. The van der Waals surface area contributed by atoms with Gasteiger partial charge in [0.2, 0.25) is 0 Å². The Labute approximate surface area is 61.2 Å². The van der Waals surface area contributed by atoms with Gasteiger partial charge in [-0.15, -0.1) is 11.8 Å². The third-order valence-electron chi connectivity index (χ3n) is 1.58. The molecule has 0 aromatic heterocycles. The summed E-state index contributed by atoms with van der Waals surface area (Å²) in [4.78, 5) is 0. The minimum atomic E-state index is 0.130. The first-order chi connectivity index (χ1) is 4.10. The largest absolute Gasteiger partial charge is 0.365 e. The third-order valence-corrected chi connectivity index (χ3v) is 2.57. The number of ether oxygens (including phenoxy) is 1. The summed E-state index contributed by atoms with van der Waals surface area (Å²) in [6.07, 6.45) is 1.18. The van der Waals surface area contributed by atoms with Gasteiger partial charge in [0, 0.05) is 5.25 Å². The zero-order valence-corrected chi connectivity index (χ0v) is 7.12. The molecule has 1 rings (SSSR count). The Hall–Kier alpha value is 0.310. The standard InChI is InChI=1S/C7H14OS/c1-6-4-7(2,3)8-5-9-6/h6H,4-5H2,1-3H3. The van der Waals surface area contributed by atoms with E-state index in [0.29, 0.717) is 0 Å². The van der Waals surface area contributed by atoms with E-state index in [2.05, 4.69) is 20.8 Å². The molecular formula is C7H14OS. The van der Waals surface area contributed by atoms with Crippen LogP contribution in [0.4, 0.5) is 0 Å². The highest BCUT2D eigenvalue weighted by Crippen LogP contribution is 2.30. The van der Waals surface area contributed by atoms with Gasteiger partial charge in [0.15, 0.2) is 0 Å². The number of hydrogen-bond acceptors (Lipinski definition) is 2. The molecule has 0 aliphatic carbocycles. The quantitative estimate of drug-likeness (QED) is 0.518. The van der Waals surface area contributed by atoms with Gasteiger partial charge in [0.25, 0.3) is 0 Å². The Morgan fingerprint density at radius 1 is 1.56 bits per heavy atom. The van der Waals surface area contributed by atoms with Crippen LogP contribution in [0.5, 0.6) is 0 Å². The SMILES string of the molecule is CC1CC(C)(C)OCS1. The summed E-state index contributed by atoms with van der Waals surface area (Å²) >= 11 is 1.90. The molecule has 1 aliphatic rings. The van der Waals surface area contributed by atoms with Crippen LogP contribution in [0.1, 0.15) is 27.2 Å². The minimum Gasteiger partial charge on any atom is -0.365 e. The molecule has 1 heterocycles. The van der Waals surface area contributed by atoms with Crippen molar-refractivity contribution < 1.29 is 4.74 Å². The van der Waals surface area contributed by atoms with Gasteiger partial charge >= 0.3 is 0 Å². The van der Waals surface area contributed by atoms with Crippen LogP contribution in [-0.2, 0) is 4.74 Å². The number of rotatable bonds is 0. The van der Waals surface area contributed by atoms with E-state index in [1.54, 1.807) is 0 Å². The summed E-state index contributed by atoms with van der Waals surface area (Å²) in [7, 11) is 0. The van der Waals surface area contributed by atoms with Crippen LogP contribution in [0, 0.1) is 0 Å². The van der Waals surface area contributed by atoms with E-state index in [1.807, 2.05) is 11.8 Å². The van der Waals surface area contributed by atoms with Crippen LogP contribution >= 0.6 is 11.8 Å². The molecule has 0 bridgehead atoms. The summed E-state index contributed by atoms with van der Waals surface area (Å²) in [5.74, 6) is 0.869. The lowest BCUT2D eigenvalue weighted by molar-refractivity contribution is -0.00201. The average Bonchev–Trinajstić information content (AvgIpc) is 1.60. The zero-order valence-electron chi connectivity index (χ0n) is 6.31. The second kappa shape index (κ2) is 2.51. The van der Waals surface area contributed by atoms with Gasteiger partial charge in [-0.2, -0.15) is 0 Å². The molecule has 1 fully saturated rings. The fourth-order valence-electron chi connectivity index (χ4n) is 1.12. The van der Waals surface area contributed by atoms with E-state index in [-0.39, 0.29) is 5.60 Å². The molecule has 54 valence electrons. The highest BCUT2D eigenvalue weighted by molar-refractivity contribution is 7.99. The summed E-state index contributed by atoms with van der Waals surface area (Å²) in [5.41, 5.74) is 0.130. The molecule has 1 atom stereocenters. The van der Waals surface area contributed by atoms with Gasteiger partial charge in [-0.3, -0.25) is 0 Å². The molecule has 0 aromatic carbocycles. The van der Waals surface area contributed by atoms with Crippen molar-refractivity contribution in [1.82, 2.24) is 0 Å². The highest BCUT2D eigenvalue weighted by atomic mass is 32.2. The van der Waals surface area contributed by atoms with Gasteiger partial charge in [-0.25, -0.2) is 0 Å². The molecule has 2 heteroatoms. The van der Waals surface area contributed by atoms with E-state index in [0.717, 1.165) is 11.2 Å². The maximum Gasteiger partial charge on any atom is 0.0930 e. The van der Waals surface area contributed by atoms with Crippen LogP contribution in [0.2, 0.25) is 0 Å². The smallest absolute Gasteiger partial charge is 0.0930 e.